The normalized spacial score (nSPS) is 12.0. The molecule has 1 amide bonds. The molecule has 148 valence electrons. The fourth-order valence-electron chi connectivity index (χ4n) is 3.22. The van der Waals surface area contributed by atoms with Crippen molar-refractivity contribution >= 4 is 38.2 Å². The van der Waals surface area contributed by atoms with Crippen molar-refractivity contribution in [2.75, 3.05) is 20.3 Å². The van der Waals surface area contributed by atoms with Crippen molar-refractivity contribution in [3.63, 3.8) is 0 Å². The van der Waals surface area contributed by atoms with Gasteiger partial charge in [-0.05, 0) is 23.6 Å². The molecular formula is C23H22N2O3S. The van der Waals surface area contributed by atoms with Gasteiger partial charge in [-0.3, -0.25) is 4.79 Å². The first-order valence-corrected chi connectivity index (χ1v) is 10.3. The second-order valence-corrected chi connectivity index (χ2v) is 7.56. The molecule has 4 rings (SSSR count). The molecule has 0 fully saturated rings. The third kappa shape index (κ3) is 4.39. The molecule has 6 heteroatoms. The molecule has 0 N–H and O–H groups in total. The Hall–Kier alpha value is -2.96. The van der Waals surface area contributed by atoms with Gasteiger partial charge < -0.3 is 14.0 Å². The third-order valence-corrected chi connectivity index (χ3v) is 5.77. The number of nitrogens with zero attached hydrogens (tertiary/aromatic N) is 2. The molecule has 0 atom stereocenters. The van der Waals surface area contributed by atoms with E-state index in [1.54, 1.807) is 18.4 Å². The number of rotatable bonds is 7. The molecule has 3 aromatic carbocycles. The molecule has 0 bridgehead atoms. The van der Waals surface area contributed by atoms with Gasteiger partial charge in [-0.1, -0.05) is 59.9 Å². The van der Waals surface area contributed by atoms with E-state index in [2.05, 4.69) is 33.8 Å². The van der Waals surface area contributed by atoms with Crippen LogP contribution < -0.4 is 9.54 Å². The van der Waals surface area contributed by atoms with Crippen molar-refractivity contribution < 1.29 is 14.3 Å². The van der Waals surface area contributed by atoms with E-state index in [4.69, 9.17) is 9.47 Å². The summed E-state index contributed by atoms with van der Waals surface area (Å²) in [6.45, 7) is 1.50. The average molecular weight is 407 g/mol. The molecule has 1 heterocycles. The number of fused-ring (bicyclic) bond motifs is 3. The van der Waals surface area contributed by atoms with Gasteiger partial charge >= 0.3 is 0 Å². The molecule has 0 spiro atoms. The topological polar surface area (TPSA) is 52.8 Å². The molecule has 0 radical (unpaired) electrons. The lowest BCUT2D eigenvalue weighted by Gasteiger charge is -2.05. The highest BCUT2D eigenvalue weighted by molar-refractivity contribution is 7.17. The minimum Gasteiger partial charge on any atom is -0.493 e. The maximum Gasteiger partial charge on any atom is 0.251 e. The molecule has 1 aromatic heterocycles. The lowest BCUT2D eigenvalue weighted by Crippen LogP contribution is -2.19. The Morgan fingerprint density at radius 1 is 1.00 bits per heavy atom. The summed E-state index contributed by atoms with van der Waals surface area (Å²) in [7, 11) is 1.67. The van der Waals surface area contributed by atoms with Crippen molar-refractivity contribution in [2.45, 2.75) is 13.0 Å². The summed E-state index contributed by atoms with van der Waals surface area (Å²) in [5, 5.41) is 2.34. The second-order valence-electron chi connectivity index (χ2n) is 6.58. The maximum absolute atomic E-state index is 12.5. The van der Waals surface area contributed by atoms with Crippen LogP contribution >= 0.6 is 11.3 Å². The summed E-state index contributed by atoms with van der Waals surface area (Å²) in [4.78, 5) is 17.6. The fourth-order valence-corrected chi connectivity index (χ4v) is 4.43. The highest BCUT2D eigenvalue weighted by Crippen LogP contribution is 2.27. The predicted molar refractivity (Wildman–Crippen MR) is 116 cm³/mol. The number of carbonyl (C=O) groups is 1. The fraction of sp³-hybridized carbons (Fsp3) is 0.217. The Bertz CT molecular complexity index is 1200. The molecule has 0 saturated carbocycles. The summed E-state index contributed by atoms with van der Waals surface area (Å²) >= 11 is 1.54. The van der Waals surface area contributed by atoms with Crippen LogP contribution in [0, 0.1) is 0 Å². The summed E-state index contributed by atoms with van der Waals surface area (Å²) in [5.74, 6) is 0.562. The Balaban J connectivity index is 1.63. The van der Waals surface area contributed by atoms with Gasteiger partial charge in [0.2, 0.25) is 0 Å². The molecule has 0 aliphatic heterocycles. The average Bonchev–Trinajstić information content (AvgIpc) is 3.10. The first-order valence-electron chi connectivity index (χ1n) is 9.52. The zero-order valence-electron chi connectivity index (χ0n) is 16.2. The van der Waals surface area contributed by atoms with Crippen LogP contribution in [0.1, 0.15) is 6.42 Å². The minimum absolute atomic E-state index is 0.192. The number of hydrogen-bond donors (Lipinski definition) is 0. The number of benzene rings is 3. The first-order chi connectivity index (χ1) is 14.3. The van der Waals surface area contributed by atoms with E-state index >= 15 is 0 Å². The molecule has 4 aromatic rings. The van der Waals surface area contributed by atoms with Crippen LogP contribution in [0.25, 0.3) is 21.0 Å². The summed E-state index contributed by atoms with van der Waals surface area (Å²) < 4.78 is 14.1. The third-order valence-electron chi connectivity index (χ3n) is 4.64. The Morgan fingerprint density at radius 2 is 1.79 bits per heavy atom. The van der Waals surface area contributed by atoms with Crippen molar-refractivity contribution in [1.82, 2.24) is 4.57 Å². The van der Waals surface area contributed by atoms with Gasteiger partial charge in [0.15, 0.2) is 4.80 Å². The van der Waals surface area contributed by atoms with E-state index in [1.807, 2.05) is 42.5 Å². The van der Waals surface area contributed by atoms with E-state index in [-0.39, 0.29) is 12.3 Å². The number of para-hydroxylation sites is 1. The van der Waals surface area contributed by atoms with Gasteiger partial charge in [-0.25, -0.2) is 0 Å². The van der Waals surface area contributed by atoms with Crippen LogP contribution in [0.2, 0.25) is 0 Å². The second kappa shape index (κ2) is 9.03. The lowest BCUT2D eigenvalue weighted by molar-refractivity contribution is -0.118. The number of ether oxygens (including phenoxy) is 2. The van der Waals surface area contributed by atoms with Crippen LogP contribution in [0.5, 0.6) is 5.75 Å². The summed E-state index contributed by atoms with van der Waals surface area (Å²) in [6, 6.07) is 21.9. The number of aromatic nitrogens is 1. The summed E-state index contributed by atoms with van der Waals surface area (Å²) in [6.07, 6.45) is 0.230. The monoisotopic (exact) mass is 406 g/mol. The van der Waals surface area contributed by atoms with E-state index in [0.717, 1.165) is 16.0 Å². The highest BCUT2D eigenvalue weighted by atomic mass is 32.1. The SMILES string of the molecule is COCCn1c(=NC(=O)CCOc2ccccc2)sc2c3ccccc3ccc21. The lowest BCUT2D eigenvalue weighted by atomic mass is 10.1. The van der Waals surface area contributed by atoms with Gasteiger partial charge in [0.1, 0.15) is 5.75 Å². The van der Waals surface area contributed by atoms with Crippen LogP contribution in [0.4, 0.5) is 0 Å². The Morgan fingerprint density at radius 3 is 2.62 bits per heavy atom. The van der Waals surface area contributed by atoms with Gasteiger partial charge in [-0.15, -0.1) is 0 Å². The highest BCUT2D eigenvalue weighted by Gasteiger charge is 2.11. The van der Waals surface area contributed by atoms with E-state index < -0.39 is 0 Å². The molecule has 29 heavy (non-hydrogen) atoms. The smallest absolute Gasteiger partial charge is 0.251 e. The number of amides is 1. The number of methoxy groups -OCH3 is 1. The zero-order chi connectivity index (χ0) is 20.1. The number of carbonyl (C=O) groups excluding carboxylic acids is 1. The van der Waals surface area contributed by atoms with Crippen molar-refractivity contribution in [1.29, 1.82) is 0 Å². The zero-order valence-corrected chi connectivity index (χ0v) is 17.0. The van der Waals surface area contributed by atoms with Crippen molar-refractivity contribution in [3.8, 4) is 5.75 Å². The first kappa shape index (κ1) is 19.4. The Labute approximate surface area is 172 Å². The Kier molecular flexibility index (Phi) is 6.03. The van der Waals surface area contributed by atoms with Crippen LogP contribution in [-0.4, -0.2) is 30.8 Å². The molecule has 0 aliphatic carbocycles. The molecular weight excluding hydrogens is 384 g/mol. The van der Waals surface area contributed by atoms with Gasteiger partial charge in [-0.2, -0.15) is 4.99 Å². The van der Waals surface area contributed by atoms with Crippen LogP contribution in [-0.2, 0) is 16.1 Å². The number of hydrogen-bond acceptors (Lipinski definition) is 4. The van der Waals surface area contributed by atoms with Crippen LogP contribution in [0.15, 0.2) is 71.7 Å². The van der Waals surface area contributed by atoms with Crippen molar-refractivity contribution in [3.05, 3.63) is 71.5 Å². The minimum atomic E-state index is -0.192. The quantitative estimate of drug-likeness (QED) is 0.457. The van der Waals surface area contributed by atoms with Crippen molar-refractivity contribution in [2.24, 2.45) is 4.99 Å². The number of thiazole rings is 1. The van der Waals surface area contributed by atoms with Gasteiger partial charge in [0.25, 0.3) is 5.91 Å². The maximum atomic E-state index is 12.5. The summed E-state index contributed by atoms with van der Waals surface area (Å²) in [5.41, 5.74) is 1.07. The molecule has 0 saturated heterocycles. The van der Waals surface area contributed by atoms with E-state index in [1.165, 1.54) is 10.8 Å². The largest absolute Gasteiger partial charge is 0.493 e. The molecule has 0 unspecified atom stereocenters. The standard InChI is InChI=1S/C23H22N2O3S/c1-27-16-14-25-20-12-11-17-7-5-6-10-19(17)22(20)29-23(25)24-21(26)13-15-28-18-8-3-2-4-9-18/h2-12H,13-16H2,1H3. The van der Waals surface area contributed by atoms with Crippen LogP contribution in [0.3, 0.4) is 0 Å². The van der Waals surface area contributed by atoms with Gasteiger partial charge in [0.05, 0.1) is 29.9 Å². The predicted octanol–water partition coefficient (Wildman–Crippen LogP) is 4.40. The van der Waals surface area contributed by atoms with E-state index in [9.17, 15) is 4.79 Å². The molecule has 0 aliphatic rings. The van der Waals surface area contributed by atoms with E-state index in [0.29, 0.717) is 24.6 Å². The van der Waals surface area contributed by atoms with Gasteiger partial charge in [0, 0.05) is 19.0 Å². The molecule has 5 nitrogen and oxygen atoms in total.